The van der Waals surface area contributed by atoms with Crippen LogP contribution < -0.4 is 0 Å². The lowest BCUT2D eigenvalue weighted by molar-refractivity contribution is 0.219. The van der Waals surface area contributed by atoms with E-state index in [-0.39, 0.29) is 10.8 Å². The highest BCUT2D eigenvalue weighted by Crippen LogP contribution is 2.39. The van der Waals surface area contributed by atoms with Gasteiger partial charge in [0.05, 0.1) is 5.02 Å². The molecule has 0 radical (unpaired) electrons. The molecule has 0 bridgehead atoms. The van der Waals surface area contributed by atoms with Crippen LogP contribution in [0.4, 0.5) is 4.39 Å². The van der Waals surface area contributed by atoms with Crippen LogP contribution >= 0.6 is 11.6 Å². The fourth-order valence-electron chi connectivity index (χ4n) is 4.46. The Morgan fingerprint density at radius 2 is 1.92 bits per heavy atom. The zero-order chi connectivity index (χ0) is 17.6. The molecule has 0 saturated heterocycles. The van der Waals surface area contributed by atoms with Crippen molar-refractivity contribution < 1.29 is 4.39 Å². The van der Waals surface area contributed by atoms with Crippen LogP contribution in [0.1, 0.15) is 70.3 Å². The van der Waals surface area contributed by atoms with Gasteiger partial charge in [-0.3, -0.25) is 0 Å². The third kappa shape index (κ3) is 4.97. The molecule has 0 N–H and O–H groups in total. The van der Waals surface area contributed by atoms with E-state index in [0.717, 1.165) is 29.4 Å². The quantitative estimate of drug-likeness (QED) is 0.453. The van der Waals surface area contributed by atoms with Crippen LogP contribution in [-0.4, -0.2) is 0 Å². The van der Waals surface area contributed by atoms with Crippen LogP contribution in [0.5, 0.6) is 0 Å². The van der Waals surface area contributed by atoms with Gasteiger partial charge in [-0.15, -0.1) is 0 Å². The first kappa shape index (κ1) is 18.7. The summed E-state index contributed by atoms with van der Waals surface area (Å²) in [6.07, 6.45) is 19.1. The minimum absolute atomic E-state index is 0.192. The number of hydrogen-bond donors (Lipinski definition) is 0. The van der Waals surface area contributed by atoms with Crippen LogP contribution in [0.3, 0.4) is 0 Å². The summed E-state index contributed by atoms with van der Waals surface area (Å²) >= 11 is 5.78. The summed E-state index contributed by atoms with van der Waals surface area (Å²) in [7, 11) is 0. The molecule has 0 aromatic heterocycles. The van der Waals surface area contributed by atoms with Crippen LogP contribution in [-0.2, 0) is 0 Å². The molecule has 2 heteroatoms. The SMILES string of the molecule is CCCCC[C@H]1CC[C@H](C2C=CC(c3ccc(Cl)c(F)c3)=CC2)CC1. The first-order chi connectivity index (χ1) is 12.2. The van der Waals surface area contributed by atoms with Crippen LogP contribution in [0.25, 0.3) is 5.57 Å². The molecule has 1 aromatic carbocycles. The van der Waals surface area contributed by atoms with Gasteiger partial charge < -0.3 is 0 Å². The zero-order valence-electron chi connectivity index (χ0n) is 15.3. The second kappa shape index (κ2) is 9.03. The summed E-state index contributed by atoms with van der Waals surface area (Å²) < 4.78 is 13.7. The molecule has 2 aliphatic rings. The summed E-state index contributed by atoms with van der Waals surface area (Å²) in [4.78, 5) is 0. The molecule has 0 spiro atoms. The minimum atomic E-state index is -0.336. The molecule has 0 amide bonds. The van der Waals surface area contributed by atoms with Gasteiger partial charge in [0.2, 0.25) is 0 Å². The largest absolute Gasteiger partial charge is 0.205 e. The van der Waals surface area contributed by atoms with E-state index in [9.17, 15) is 4.39 Å². The van der Waals surface area contributed by atoms with Crippen molar-refractivity contribution in [3.05, 3.63) is 52.8 Å². The first-order valence-electron chi connectivity index (χ1n) is 10.0. The van der Waals surface area contributed by atoms with E-state index in [1.165, 1.54) is 51.4 Å². The van der Waals surface area contributed by atoms with E-state index in [1.54, 1.807) is 12.1 Å². The predicted molar refractivity (Wildman–Crippen MR) is 106 cm³/mol. The number of unbranched alkanes of at least 4 members (excludes halogenated alkanes) is 2. The molecule has 1 unspecified atom stereocenters. The fourth-order valence-corrected chi connectivity index (χ4v) is 4.58. The highest BCUT2D eigenvalue weighted by Gasteiger charge is 2.26. The monoisotopic (exact) mass is 360 g/mol. The maximum absolute atomic E-state index is 13.7. The molecular formula is C23H30ClF. The van der Waals surface area contributed by atoms with Gasteiger partial charge in [0, 0.05) is 0 Å². The van der Waals surface area contributed by atoms with E-state index in [4.69, 9.17) is 11.6 Å². The number of halogens is 2. The Morgan fingerprint density at radius 3 is 2.56 bits per heavy atom. The van der Waals surface area contributed by atoms with Gasteiger partial charge in [-0.05, 0) is 60.3 Å². The number of rotatable bonds is 6. The summed E-state index contributed by atoms with van der Waals surface area (Å²) in [5.41, 5.74) is 2.05. The lowest BCUT2D eigenvalue weighted by atomic mass is 9.72. The second-order valence-corrected chi connectivity index (χ2v) is 8.23. The maximum Gasteiger partial charge on any atom is 0.142 e. The number of benzene rings is 1. The molecule has 0 heterocycles. The molecule has 3 rings (SSSR count). The summed E-state index contributed by atoms with van der Waals surface area (Å²) in [6.45, 7) is 2.28. The number of allylic oxidation sites excluding steroid dienone is 4. The Morgan fingerprint density at radius 1 is 1.12 bits per heavy atom. The van der Waals surface area contributed by atoms with Gasteiger partial charge in [0.1, 0.15) is 5.82 Å². The average Bonchev–Trinajstić information content (AvgIpc) is 2.65. The van der Waals surface area contributed by atoms with Crippen LogP contribution in [0.2, 0.25) is 5.02 Å². The molecule has 1 aromatic rings. The van der Waals surface area contributed by atoms with Gasteiger partial charge in [-0.1, -0.05) is 81.3 Å². The van der Waals surface area contributed by atoms with Crippen molar-refractivity contribution >= 4 is 17.2 Å². The lowest BCUT2D eigenvalue weighted by Gasteiger charge is -2.33. The Bertz CT molecular complexity index is 623. The number of hydrogen-bond acceptors (Lipinski definition) is 0. The Kier molecular flexibility index (Phi) is 6.76. The Balaban J connectivity index is 1.50. The highest BCUT2D eigenvalue weighted by molar-refractivity contribution is 6.30. The van der Waals surface area contributed by atoms with Gasteiger partial charge in [-0.2, -0.15) is 0 Å². The molecule has 136 valence electrons. The minimum Gasteiger partial charge on any atom is -0.205 e. The Hall–Kier alpha value is -1.08. The molecule has 0 aliphatic heterocycles. The molecule has 1 saturated carbocycles. The summed E-state index contributed by atoms with van der Waals surface area (Å²) in [6, 6.07) is 5.09. The van der Waals surface area contributed by atoms with Crippen molar-refractivity contribution in [2.75, 3.05) is 0 Å². The maximum atomic E-state index is 13.7. The van der Waals surface area contributed by atoms with Crippen LogP contribution in [0.15, 0.2) is 36.4 Å². The van der Waals surface area contributed by atoms with Crippen molar-refractivity contribution in [3.63, 3.8) is 0 Å². The third-order valence-electron chi connectivity index (χ3n) is 6.10. The van der Waals surface area contributed by atoms with Crippen molar-refractivity contribution in [1.29, 1.82) is 0 Å². The zero-order valence-corrected chi connectivity index (χ0v) is 16.1. The third-order valence-corrected chi connectivity index (χ3v) is 6.41. The second-order valence-electron chi connectivity index (χ2n) is 7.82. The summed E-state index contributed by atoms with van der Waals surface area (Å²) in [5.74, 6) is 2.13. The highest BCUT2D eigenvalue weighted by atomic mass is 35.5. The average molecular weight is 361 g/mol. The van der Waals surface area contributed by atoms with Gasteiger partial charge in [0.25, 0.3) is 0 Å². The van der Waals surface area contributed by atoms with Crippen molar-refractivity contribution in [3.8, 4) is 0 Å². The van der Waals surface area contributed by atoms with E-state index in [2.05, 4.69) is 25.2 Å². The fraction of sp³-hybridized carbons (Fsp3) is 0.565. The molecule has 0 nitrogen and oxygen atoms in total. The first-order valence-corrected chi connectivity index (χ1v) is 10.4. The topological polar surface area (TPSA) is 0 Å². The lowest BCUT2D eigenvalue weighted by Crippen LogP contribution is -2.21. The standard InChI is InChI=1S/C23H30ClF/c1-2-3-4-5-17-6-8-18(9-7-17)19-10-12-20(13-11-19)21-14-15-22(24)23(25)16-21/h10,12-19H,2-9,11H2,1H3/t17-,18-,19?. The molecular weight excluding hydrogens is 331 g/mol. The van der Waals surface area contributed by atoms with Gasteiger partial charge >= 0.3 is 0 Å². The van der Waals surface area contributed by atoms with E-state index < -0.39 is 0 Å². The van der Waals surface area contributed by atoms with Gasteiger partial charge in [0.15, 0.2) is 0 Å². The van der Waals surface area contributed by atoms with E-state index in [1.807, 2.05) is 6.07 Å². The van der Waals surface area contributed by atoms with E-state index >= 15 is 0 Å². The Labute approximate surface area is 157 Å². The molecule has 25 heavy (non-hydrogen) atoms. The van der Waals surface area contributed by atoms with Crippen molar-refractivity contribution in [2.45, 2.75) is 64.7 Å². The predicted octanol–water partition coefficient (Wildman–Crippen LogP) is 7.83. The summed E-state index contributed by atoms with van der Waals surface area (Å²) in [5, 5.41) is 0.192. The smallest absolute Gasteiger partial charge is 0.142 e. The molecule has 2 aliphatic carbocycles. The van der Waals surface area contributed by atoms with Gasteiger partial charge in [-0.25, -0.2) is 4.39 Å². The normalized spacial score (nSPS) is 26.5. The van der Waals surface area contributed by atoms with Crippen LogP contribution in [0, 0.1) is 23.6 Å². The van der Waals surface area contributed by atoms with Crippen molar-refractivity contribution in [1.82, 2.24) is 0 Å². The molecule has 1 atom stereocenters. The van der Waals surface area contributed by atoms with E-state index in [0.29, 0.717) is 5.92 Å². The van der Waals surface area contributed by atoms with Crippen molar-refractivity contribution in [2.24, 2.45) is 17.8 Å². The molecule has 1 fully saturated rings.